The Kier molecular flexibility index (Phi) is 5.09. The molecule has 0 bridgehead atoms. The van der Waals surface area contributed by atoms with Crippen LogP contribution in [0, 0.1) is 5.92 Å². The van der Waals surface area contributed by atoms with Gasteiger partial charge >= 0.3 is 0 Å². The molecule has 1 aliphatic heterocycles. The zero-order valence-electron chi connectivity index (χ0n) is 14.1. The third kappa shape index (κ3) is 4.14. The predicted octanol–water partition coefficient (Wildman–Crippen LogP) is 2.31. The largest absolute Gasteiger partial charge is 0.378 e. The standard InChI is InChI=1S/C18H27NO3S/c1-3-22-17-10-14(11-17)13-19-8-6-15-4-5-18(23(2,20)21)12-16(15)7-9-19/h4-5,12,14,17H,3,6-11,13H2,1-2H3. The Morgan fingerprint density at radius 2 is 1.87 bits per heavy atom. The van der Waals surface area contributed by atoms with Gasteiger partial charge in [0.2, 0.25) is 0 Å². The first kappa shape index (κ1) is 16.9. The van der Waals surface area contributed by atoms with Crippen LogP contribution in [0.25, 0.3) is 0 Å². The first-order chi connectivity index (χ1) is 11.0. The highest BCUT2D eigenvalue weighted by Gasteiger charge is 2.31. The Bertz CT molecular complexity index is 650. The van der Waals surface area contributed by atoms with E-state index in [0.717, 1.165) is 45.0 Å². The highest BCUT2D eigenvalue weighted by molar-refractivity contribution is 7.90. The summed E-state index contributed by atoms with van der Waals surface area (Å²) in [5, 5.41) is 0. The van der Waals surface area contributed by atoms with E-state index in [9.17, 15) is 8.42 Å². The minimum absolute atomic E-state index is 0.447. The Labute approximate surface area is 139 Å². The lowest BCUT2D eigenvalue weighted by Gasteiger charge is -2.38. The molecule has 5 heteroatoms. The molecule has 0 spiro atoms. The third-order valence-corrected chi connectivity index (χ3v) is 6.22. The minimum Gasteiger partial charge on any atom is -0.378 e. The van der Waals surface area contributed by atoms with Crippen LogP contribution >= 0.6 is 0 Å². The fourth-order valence-electron chi connectivity index (χ4n) is 3.72. The number of rotatable bonds is 5. The van der Waals surface area contributed by atoms with Crippen LogP contribution in [0.4, 0.5) is 0 Å². The van der Waals surface area contributed by atoms with Crippen molar-refractivity contribution in [3.05, 3.63) is 29.3 Å². The van der Waals surface area contributed by atoms with Crippen molar-refractivity contribution in [1.82, 2.24) is 4.90 Å². The molecule has 1 aromatic carbocycles. The number of fused-ring (bicyclic) bond motifs is 1. The van der Waals surface area contributed by atoms with Crippen LogP contribution in [0.15, 0.2) is 23.1 Å². The van der Waals surface area contributed by atoms with Gasteiger partial charge in [-0.2, -0.15) is 0 Å². The molecule has 128 valence electrons. The van der Waals surface area contributed by atoms with Crippen LogP contribution in [0.1, 0.15) is 30.9 Å². The molecule has 1 fully saturated rings. The summed E-state index contributed by atoms with van der Waals surface area (Å²) in [7, 11) is -3.11. The number of ether oxygens (including phenoxy) is 1. The summed E-state index contributed by atoms with van der Waals surface area (Å²) in [6.45, 7) is 6.12. The van der Waals surface area contributed by atoms with Gasteiger partial charge in [-0.3, -0.25) is 0 Å². The lowest BCUT2D eigenvalue weighted by atomic mass is 9.82. The molecule has 1 aliphatic carbocycles. The maximum absolute atomic E-state index is 11.7. The topological polar surface area (TPSA) is 46.6 Å². The van der Waals surface area contributed by atoms with E-state index in [0.29, 0.717) is 11.0 Å². The molecular formula is C18H27NO3S. The van der Waals surface area contributed by atoms with E-state index in [2.05, 4.69) is 11.8 Å². The van der Waals surface area contributed by atoms with E-state index >= 15 is 0 Å². The molecule has 1 heterocycles. The summed E-state index contributed by atoms with van der Waals surface area (Å²) in [5.41, 5.74) is 2.51. The van der Waals surface area contributed by atoms with E-state index in [1.807, 2.05) is 12.1 Å². The summed E-state index contributed by atoms with van der Waals surface area (Å²) < 4.78 is 29.1. The van der Waals surface area contributed by atoms with Crippen molar-refractivity contribution in [2.45, 2.75) is 43.6 Å². The molecule has 3 rings (SSSR count). The van der Waals surface area contributed by atoms with Crippen molar-refractivity contribution in [2.24, 2.45) is 5.92 Å². The lowest BCUT2D eigenvalue weighted by molar-refractivity contribution is -0.0332. The van der Waals surface area contributed by atoms with Gasteiger partial charge in [0.1, 0.15) is 0 Å². The van der Waals surface area contributed by atoms with Gasteiger partial charge in [0.15, 0.2) is 9.84 Å². The Balaban J connectivity index is 1.58. The molecule has 0 aromatic heterocycles. The summed E-state index contributed by atoms with van der Waals surface area (Å²) in [5.74, 6) is 0.763. The number of benzene rings is 1. The van der Waals surface area contributed by atoms with Crippen molar-refractivity contribution < 1.29 is 13.2 Å². The molecule has 0 unspecified atom stereocenters. The molecule has 1 saturated carbocycles. The number of hydrogen-bond donors (Lipinski definition) is 0. The van der Waals surface area contributed by atoms with Crippen LogP contribution in [-0.2, 0) is 27.4 Å². The first-order valence-electron chi connectivity index (χ1n) is 8.61. The van der Waals surface area contributed by atoms with Crippen LogP contribution in [0.3, 0.4) is 0 Å². The highest BCUT2D eigenvalue weighted by atomic mass is 32.2. The van der Waals surface area contributed by atoms with Gasteiger partial charge in [-0.25, -0.2) is 8.42 Å². The van der Waals surface area contributed by atoms with E-state index in [-0.39, 0.29) is 0 Å². The molecular weight excluding hydrogens is 310 g/mol. The van der Waals surface area contributed by atoms with Gasteiger partial charge in [0.25, 0.3) is 0 Å². The third-order valence-electron chi connectivity index (χ3n) is 5.11. The van der Waals surface area contributed by atoms with E-state index in [4.69, 9.17) is 4.74 Å². The monoisotopic (exact) mass is 337 g/mol. The van der Waals surface area contributed by atoms with Crippen molar-refractivity contribution in [3.63, 3.8) is 0 Å². The Morgan fingerprint density at radius 3 is 2.52 bits per heavy atom. The summed E-state index contributed by atoms with van der Waals surface area (Å²) in [6.07, 6.45) is 6.10. The molecule has 0 radical (unpaired) electrons. The average molecular weight is 337 g/mol. The fraction of sp³-hybridized carbons (Fsp3) is 0.667. The van der Waals surface area contributed by atoms with Gasteiger partial charge in [-0.15, -0.1) is 0 Å². The molecule has 2 aliphatic rings. The SMILES string of the molecule is CCOC1CC(CN2CCc3ccc(S(C)(=O)=O)cc3CC2)C1. The van der Waals surface area contributed by atoms with Crippen LogP contribution in [-0.4, -0.2) is 51.9 Å². The molecule has 4 nitrogen and oxygen atoms in total. The van der Waals surface area contributed by atoms with Crippen molar-refractivity contribution >= 4 is 9.84 Å². The first-order valence-corrected chi connectivity index (χ1v) is 10.5. The normalized spacial score (nSPS) is 25.5. The van der Waals surface area contributed by atoms with Gasteiger partial charge in [-0.05, 0) is 61.8 Å². The molecule has 0 saturated heterocycles. The average Bonchev–Trinajstić information content (AvgIpc) is 2.66. The number of nitrogens with zero attached hydrogens (tertiary/aromatic N) is 1. The van der Waals surface area contributed by atoms with Crippen molar-refractivity contribution in [1.29, 1.82) is 0 Å². The van der Waals surface area contributed by atoms with Gasteiger partial charge in [0, 0.05) is 32.5 Å². The number of sulfone groups is 1. The molecule has 1 aromatic rings. The second kappa shape index (κ2) is 6.91. The second-order valence-corrected chi connectivity index (χ2v) is 8.93. The predicted molar refractivity (Wildman–Crippen MR) is 91.5 cm³/mol. The quantitative estimate of drug-likeness (QED) is 0.827. The Morgan fingerprint density at radius 1 is 1.17 bits per heavy atom. The van der Waals surface area contributed by atoms with Gasteiger partial charge < -0.3 is 9.64 Å². The van der Waals surface area contributed by atoms with Crippen LogP contribution < -0.4 is 0 Å². The van der Waals surface area contributed by atoms with Crippen molar-refractivity contribution in [2.75, 3.05) is 32.5 Å². The van der Waals surface area contributed by atoms with E-state index in [1.54, 1.807) is 6.07 Å². The lowest BCUT2D eigenvalue weighted by Crippen LogP contribution is -2.40. The molecule has 0 amide bonds. The fourth-order valence-corrected chi connectivity index (χ4v) is 4.39. The minimum atomic E-state index is -3.11. The summed E-state index contributed by atoms with van der Waals surface area (Å²) >= 11 is 0. The summed E-state index contributed by atoms with van der Waals surface area (Å²) in [6, 6.07) is 5.63. The zero-order chi connectivity index (χ0) is 16.4. The van der Waals surface area contributed by atoms with Crippen LogP contribution in [0.5, 0.6) is 0 Å². The maximum atomic E-state index is 11.7. The van der Waals surface area contributed by atoms with Gasteiger partial charge in [0.05, 0.1) is 11.0 Å². The van der Waals surface area contributed by atoms with Gasteiger partial charge in [-0.1, -0.05) is 6.07 Å². The Hall–Kier alpha value is -0.910. The van der Waals surface area contributed by atoms with E-state index < -0.39 is 9.84 Å². The maximum Gasteiger partial charge on any atom is 0.175 e. The zero-order valence-corrected chi connectivity index (χ0v) is 14.9. The van der Waals surface area contributed by atoms with Crippen LogP contribution in [0.2, 0.25) is 0 Å². The summed E-state index contributed by atoms with van der Waals surface area (Å²) in [4.78, 5) is 2.98. The smallest absolute Gasteiger partial charge is 0.175 e. The highest BCUT2D eigenvalue weighted by Crippen LogP contribution is 2.31. The number of hydrogen-bond acceptors (Lipinski definition) is 4. The molecule has 23 heavy (non-hydrogen) atoms. The van der Waals surface area contributed by atoms with E-state index in [1.165, 1.54) is 30.2 Å². The molecule has 0 atom stereocenters. The molecule has 0 N–H and O–H groups in total. The second-order valence-electron chi connectivity index (χ2n) is 6.92. The van der Waals surface area contributed by atoms with Crippen molar-refractivity contribution in [3.8, 4) is 0 Å².